The molecule has 5 heteroatoms. The summed E-state index contributed by atoms with van der Waals surface area (Å²) in [7, 11) is 0. The zero-order valence-electron chi connectivity index (χ0n) is 10.3. The van der Waals surface area contributed by atoms with Gasteiger partial charge < -0.3 is 10.6 Å². The van der Waals surface area contributed by atoms with E-state index in [1.54, 1.807) is 17.0 Å². The normalized spacial score (nSPS) is 10.5. The minimum atomic E-state index is -0.536. The predicted molar refractivity (Wildman–Crippen MR) is 74.9 cm³/mol. The zero-order valence-corrected chi connectivity index (χ0v) is 11.1. The first-order chi connectivity index (χ1) is 9.02. The number of hydrogen-bond acceptors (Lipinski definition) is 2. The molecule has 0 aromatic heterocycles. The van der Waals surface area contributed by atoms with Crippen molar-refractivity contribution in [2.45, 2.75) is 6.92 Å². The molecule has 19 heavy (non-hydrogen) atoms. The Labute approximate surface area is 115 Å². The standard InChI is InChI=1S/C14H13ClF2N2/c1-2-19(10-5-3-9(16)4-6-10)14-8-12(17)11(15)7-13(14)18/h3-8H,2,18H2,1H3. The molecule has 2 aromatic rings. The fourth-order valence-corrected chi connectivity index (χ4v) is 2.07. The smallest absolute Gasteiger partial charge is 0.144 e. The Morgan fingerprint density at radius 3 is 2.37 bits per heavy atom. The van der Waals surface area contributed by atoms with Crippen molar-refractivity contribution in [2.75, 3.05) is 17.2 Å². The third-order valence-electron chi connectivity index (χ3n) is 2.81. The summed E-state index contributed by atoms with van der Waals surface area (Å²) in [5.41, 5.74) is 7.48. The largest absolute Gasteiger partial charge is 0.397 e. The molecule has 0 heterocycles. The highest BCUT2D eigenvalue weighted by Gasteiger charge is 2.13. The molecule has 0 radical (unpaired) electrons. The van der Waals surface area contributed by atoms with Crippen molar-refractivity contribution in [2.24, 2.45) is 0 Å². The maximum absolute atomic E-state index is 13.6. The lowest BCUT2D eigenvalue weighted by Gasteiger charge is -2.25. The van der Waals surface area contributed by atoms with Gasteiger partial charge in [-0.3, -0.25) is 0 Å². The lowest BCUT2D eigenvalue weighted by Crippen LogP contribution is -2.17. The first kappa shape index (κ1) is 13.6. The van der Waals surface area contributed by atoms with E-state index in [9.17, 15) is 8.78 Å². The van der Waals surface area contributed by atoms with Gasteiger partial charge in [-0.25, -0.2) is 8.78 Å². The average molecular weight is 283 g/mol. The molecule has 0 saturated heterocycles. The summed E-state index contributed by atoms with van der Waals surface area (Å²) >= 11 is 5.68. The summed E-state index contributed by atoms with van der Waals surface area (Å²) in [5.74, 6) is -0.860. The molecule has 2 N–H and O–H groups in total. The van der Waals surface area contributed by atoms with E-state index in [-0.39, 0.29) is 10.8 Å². The van der Waals surface area contributed by atoms with Crippen LogP contribution in [0.2, 0.25) is 5.02 Å². The van der Waals surface area contributed by atoms with Crippen LogP contribution in [0.25, 0.3) is 0 Å². The number of rotatable bonds is 3. The van der Waals surface area contributed by atoms with Crippen LogP contribution in [-0.4, -0.2) is 6.54 Å². The van der Waals surface area contributed by atoms with Crippen LogP contribution < -0.4 is 10.6 Å². The lowest BCUT2D eigenvalue weighted by molar-refractivity contribution is 0.626. The summed E-state index contributed by atoms with van der Waals surface area (Å²) in [5, 5.41) is -0.0172. The Balaban J connectivity index is 2.47. The first-order valence-electron chi connectivity index (χ1n) is 5.80. The molecular formula is C14H13ClF2N2. The minimum absolute atomic E-state index is 0.0172. The highest BCUT2D eigenvalue weighted by molar-refractivity contribution is 6.31. The molecule has 2 aromatic carbocycles. The Kier molecular flexibility index (Phi) is 3.90. The summed E-state index contributed by atoms with van der Waals surface area (Å²) in [4.78, 5) is 1.79. The van der Waals surface area contributed by atoms with Crippen molar-refractivity contribution in [1.29, 1.82) is 0 Å². The predicted octanol–water partition coefficient (Wildman–Crippen LogP) is 4.36. The van der Waals surface area contributed by atoms with Crippen LogP contribution in [0.1, 0.15) is 6.92 Å². The number of halogens is 3. The van der Waals surface area contributed by atoms with Gasteiger partial charge in [0.2, 0.25) is 0 Å². The maximum atomic E-state index is 13.6. The van der Waals surface area contributed by atoms with Gasteiger partial charge in [0.05, 0.1) is 16.4 Å². The fraction of sp³-hybridized carbons (Fsp3) is 0.143. The Bertz CT molecular complexity index is 585. The fourth-order valence-electron chi connectivity index (χ4n) is 1.90. The van der Waals surface area contributed by atoms with Gasteiger partial charge in [0.25, 0.3) is 0 Å². The number of nitrogens with two attached hydrogens (primary N) is 1. The summed E-state index contributed by atoms with van der Waals surface area (Å²) in [6.45, 7) is 2.46. The van der Waals surface area contributed by atoms with E-state index >= 15 is 0 Å². The van der Waals surface area contributed by atoms with Crippen LogP contribution in [0.5, 0.6) is 0 Å². The summed E-state index contributed by atoms with van der Waals surface area (Å²) in [6, 6.07) is 8.58. The van der Waals surface area contributed by atoms with Gasteiger partial charge in [-0.15, -0.1) is 0 Å². The summed E-state index contributed by atoms with van der Waals surface area (Å²) in [6.07, 6.45) is 0. The van der Waals surface area contributed by atoms with Gasteiger partial charge in [-0.05, 0) is 37.3 Å². The van der Waals surface area contributed by atoms with E-state index in [1.165, 1.54) is 24.3 Å². The SMILES string of the molecule is CCN(c1ccc(F)cc1)c1cc(F)c(Cl)cc1N. The van der Waals surface area contributed by atoms with E-state index in [2.05, 4.69) is 0 Å². The number of anilines is 3. The van der Waals surface area contributed by atoms with Crippen molar-refractivity contribution < 1.29 is 8.78 Å². The molecule has 0 bridgehead atoms. The molecule has 2 nitrogen and oxygen atoms in total. The first-order valence-corrected chi connectivity index (χ1v) is 6.18. The monoisotopic (exact) mass is 282 g/mol. The lowest BCUT2D eigenvalue weighted by atomic mass is 10.2. The van der Waals surface area contributed by atoms with Crippen LogP contribution >= 0.6 is 11.6 Å². The second-order valence-electron chi connectivity index (χ2n) is 4.05. The van der Waals surface area contributed by atoms with Crippen molar-refractivity contribution >= 4 is 28.7 Å². The topological polar surface area (TPSA) is 29.3 Å². The quantitative estimate of drug-likeness (QED) is 0.848. The summed E-state index contributed by atoms with van der Waals surface area (Å²) < 4.78 is 26.5. The van der Waals surface area contributed by atoms with Gasteiger partial charge in [0.1, 0.15) is 11.6 Å². The molecule has 0 aliphatic rings. The van der Waals surface area contributed by atoms with Gasteiger partial charge >= 0.3 is 0 Å². The molecule has 0 fully saturated rings. The van der Waals surface area contributed by atoms with E-state index < -0.39 is 5.82 Å². The van der Waals surface area contributed by atoms with Crippen LogP contribution in [-0.2, 0) is 0 Å². The Morgan fingerprint density at radius 2 is 1.79 bits per heavy atom. The highest BCUT2D eigenvalue weighted by atomic mass is 35.5. The second kappa shape index (κ2) is 5.45. The highest BCUT2D eigenvalue weighted by Crippen LogP contribution is 2.33. The number of nitrogens with zero attached hydrogens (tertiary/aromatic N) is 1. The molecular weight excluding hydrogens is 270 g/mol. The Morgan fingerprint density at radius 1 is 1.16 bits per heavy atom. The Hall–Kier alpha value is -1.81. The molecule has 0 aliphatic heterocycles. The second-order valence-corrected chi connectivity index (χ2v) is 4.45. The van der Waals surface area contributed by atoms with E-state index in [4.69, 9.17) is 17.3 Å². The number of hydrogen-bond donors (Lipinski definition) is 1. The van der Waals surface area contributed by atoms with E-state index in [0.29, 0.717) is 17.9 Å². The van der Waals surface area contributed by atoms with Crippen LogP contribution in [0.15, 0.2) is 36.4 Å². The maximum Gasteiger partial charge on any atom is 0.144 e. The minimum Gasteiger partial charge on any atom is -0.397 e. The van der Waals surface area contributed by atoms with Crippen molar-refractivity contribution in [3.8, 4) is 0 Å². The molecule has 0 aliphatic carbocycles. The molecule has 0 amide bonds. The molecule has 0 spiro atoms. The van der Waals surface area contributed by atoms with E-state index in [1.807, 2.05) is 6.92 Å². The molecule has 100 valence electrons. The number of benzene rings is 2. The van der Waals surface area contributed by atoms with Crippen LogP contribution in [0, 0.1) is 11.6 Å². The molecule has 0 unspecified atom stereocenters. The molecule has 2 rings (SSSR count). The van der Waals surface area contributed by atoms with Crippen molar-refractivity contribution in [3.63, 3.8) is 0 Å². The molecule has 0 saturated carbocycles. The average Bonchev–Trinajstić information content (AvgIpc) is 2.38. The van der Waals surface area contributed by atoms with Gasteiger partial charge in [-0.1, -0.05) is 11.6 Å². The van der Waals surface area contributed by atoms with Gasteiger partial charge in [-0.2, -0.15) is 0 Å². The third kappa shape index (κ3) is 2.79. The van der Waals surface area contributed by atoms with Crippen molar-refractivity contribution in [1.82, 2.24) is 0 Å². The molecule has 0 atom stereocenters. The van der Waals surface area contributed by atoms with Crippen LogP contribution in [0.4, 0.5) is 25.8 Å². The number of nitrogen functional groups attached to an aromatic ring is 1. The third-order valence-corrected chi connectivity index (χ3v) is 3.10. The van der Waals surface area contributed by atoms with Gasteiger partial charge in [0.15, 0.2) is 0 Å². The zero-order chi connectivity index (χ0) is 14.0. The van der Waals surface area contributed by atoms with E-state index in [0.717, 1.165) is 5.69 Å². The van der Waals surface area contributed by atoms with Crippen LogP contribution in [0.3, 0.4) is 0 Å². The van der Waals surface area contributed by atoms with Gasteiger partial charge in [0, 0.05) is 18.3 Å². The van der Waals surface area contributed by atoms with Crippen molar-refractivity contribution in [3.05, 3.63) is 53.1 Å².